The number of piperidine rings is 1. The van der Waals surface area contributed by atoms with Crippen molar-refractivity contribution >= 4 is 52.4 Å². The second-order valence-electron chi connectivity index (χ2n) is 10.1. The van der Waals surface area contributed by atoms with Gasteiger partial charge < -0.3 is 24.2 Å². The molecule has 1 spiro atoms. The summed E-state index contributed by atoms with van der Waals surface area (Å²) in [5.41, 5.74) is 2.78. The molecule has 3 fully saturated rings. The number of likely N-dealkylation sites (tertiary alicyclic amines) is 1. The SMILES string of the molecule is O=C(c1cccc(CSc2nc(Cl)cc(N3CCN(c4ccccc4Cl)CC3)n2)c1)N1CCC2(CC1)OCCO2. The Balaban J connectivity index is 1.06. The van der Waals surface area contributed by atoms with E-state index in [-0.39, 0.29) is 5.91 Å². The highest BCUT2D eigenvalue weighted by Gasteiger charge is 2.40. The average Bonchev–Trinajstić information content (AvgIpc) is 3.44. The van der Waals surface area contributed by atoms with Gasteiger partial charge in [-0.25, -0.2) is 9.97 Å². The van der Waals surface area contributed by atoms with Crippen LogP contribution in [0.3, 0.4) is 0 Å². The number of hydrogen-bond acceptors (Lipinski definition) is 8. The highest BCUT2D eigenvalue weighted by molar-refractivity contribution is 7.98. The van der Waals surface area contributed by atoms with E-state index < -0.39 is 5.79 Å². The quantitative estimate of drug-likeness (QED) is 0.212. The molecule has 3 aliphatic rings. The number of anilines is 2. The van der Waals surface area contributed by atoms with Crippen molar-refractivity contribution in [1.82, 2.24) is 14.9 Å². The fraction of sp³-hybridized carbons (Fsp3) is 0.414. The van der Waals surface area contributed by atoms with Gasteiger partial charge in [0.05, 0.1) is 23.9 Å². The number of ether oxygens (including phenoxy) is 2. The van der Waals surface area contributed by atoms with Gasteiger partial charge in [0, 0.05) is 69.5 Å². The number of rotatable bonds is 6. The van der Waals surface area contributed by atoms with Crippen LogP contribution < -0.4 is 9.80 Å². The van der Waals surface area contributed by atoms with E-state index in [9.17, 15) is 4.79 Å². The van der Waals surface area contributed by atoms with E-state index in [0.717, 1.165) is 48.3 Å². The molecular weight excluding hydrogens is 569 g/mol. The normalized spacial score (nSPS) is 18.9. The van der Waals surface area contributed by atoms with Crippen molar-refractivity contribution in [2.75, 3.05) is 62.3 Å². The predicted octanol–water partition coefficient (Wildman–Crippen LogP) is 5.38. The Morgan fingerprint density at radius 2 is 1.60 bits per heavy atom. The minimum Gasteiger partial charge on any atom is -0.367 e. The smallest absolute Gasteiger partial charge is 0.253 e. The lowest BCUT2D eigenvalue weighted by Crippen LogP contribution is -2.47. The van der Waals surface area contributed by atoms with Crippen LogP contribution in [0.5, 0.6) is 0 Å². The first kappa shape index (κ1) is 27.6. The number of piperazine rings is 1. The molecule has 6 rings (SSSR count). The highest BCUT2D eigenvalue weighted by atomic mass is 35.5. The maximum Gasteiger partial charge on any atom is 0.253 e. The summed E-state index contributed by atoms with van der Waals surface area (Å²) in [5.74, 6) is 1.00. The first-order valence-electron chi connectivity index (χ1n) is 13.6. The number of carbonyl (C=O) groups is 1. The van der Waals surface area contributed by atoms with E-state index in [1.165, 1.54) is 11.8 Å². The van der Waals surface area contributed by atoms with Gasteiger partial charge in [-0.3, -0.25) is 4.79 Å². The number of thioether (sulfide) groups is 1. The molecule has 0 bridgehead atoms. The van der Waals surface area contributed by atoms with Gasteiger partial charge >= 0.3 is 0 Å². The minimum absolute atomic E-state index is 0.0388. The molecular formula is C29H31Cl2N5O3S. The van der Waals surface area contributed by atoms with Crippen LogP contribution in [0, 0.1) is 0 Å². The van der Waals surface area contributed by atoms with E-state index in [1.54, 1.807) is 0 Å². The van der Waals surface area contributed by atoms with Crippen LogP contribution >= 0.6 is 35.0 Å². The van der Waals surface area contributed by atoms with Crippen molar-refractivity contribution in [3.05, 3.63) is 75.9 Å². The molecule has 0 saturated carbocycles. The van der Waals surface area contributed by atoms with Crippen molar-refractivity contribution in [3.8, 4) is 0 Å². The Bertz CT molecular complexity index is 1360. The number of halogens is 2. The third-order valence-corrected chi connectivity index (χ3v) is 9.06. The third kappa shape index (κ3) is 6.19. The lowest BCUT2D eigenvalue weighted by molar-refractivity contribution is -0.181. The first-order valence-corrected chi connectivity index (χ1v) is 15.3. The maximum atomic E-state index is 13.2. The third-order valence-electron chi connectivity index (χ3n) is 7.63. The molecule has 0 atom stereocenters. The molecule has 0 N–H and O–H groups in total. The van der Waals surface area contributed by atoms with Crippen LogP contribution in [0.4, 0.5) is 11.5 Å². The van der Waals surface area contributed by atoms with E-state index in [1.807, 2.05) is 53.4 Å². The van der Waals surface area contributed by atoms with Crippen molar-refractivity contribution in [1.29, 1.82) is 0 Å². The molecule has 2 aromatic carbocycles. The fourth-order valence-corrected chi connectivity index (χ4v) is 6.74. The van der Waals surface area contributed by atoms with Gasteiger partial charge in [-0.1, -0.05) is 59.2 Å². The molecule has 1 aromatic heterocycles. The number of carbonyl (C=O) groups excluding carboxylic acids is 1. The van der Waals surface area contributed by atoms with E-state index in [4.69, 9.17) is 37.7 Å². The summed E-state index contributed by atoms with van der Waals surface area (Å²) in [6.45, 7) is 5.81. The topological polar surface area (TPSA) is 71.0 Å². The van der Waals surface area contributed by atoms with Crippen LogP contribution in [-0.2, 0) is 15.2 Å². The summed E-state index contributed by atoms with van der Waals surface area (Å²) in [6.07, 6.45) is 1.41. The van der Waals surface area contributed by atoms with Gasteiger partial charge in [0.1, 0.15) is 11.0 Å². The van der Waals surface area contributed by atoms with Gasteiger partial charge in [-0.15, -0.1) is 0 Å². The van der Waals surface area contributed by atoms with Crippen LogP contribution in [0.1, 0.15) is 28.8 Å². The molecule has 40 heavy (non-hydrogen) atoms. The van der Waals surface area contributed by atoms with E-state index >= 15 is 0 Å². The Hall–Kier alpha value is -2.56. The number of benzene rings is 2. The number of hydrogen-bond donors (Lipinski definition) is 0. The Morgan fingerprint density at radius 1 is 0.875 bits per heavy atom. The van der Waals surface area contributed by atoms with Gasteiger partial charge in [-0.05, 0) is 29.8 Å². The molecule has 3 saturated heterocycles. The summed E-state index contributed by atoms with van der Waals surface area (Å²) >= 11 is 14.3. The molecule has 8 nitrogen and oxygen atoms in total. The number of amides is 1. The molecule has 3 aromatic rings. The van der Waals surface area contributed by atoms with Gasteiger partial charge in [0.2, 0.25) is 0 Å². The largest absolute Gasteiger partial charge is 0.367 e. The molecule has 1 amide bonds. The second kappa shape index (κ2) is 12.1. The van der Waals surface area contributed by atoms with E-state index in [2.05, 4.69) is 20.9 Å². The summed E-state index contributed by atoms with van der Waals surface area (Å²) in [7, 11) is 0. The minimum atomic E-state index is -0.492. The fourth-order valence-electron chi connectivity index (χ4n) is 5.46. The summed E-state index contributed by atoms with van der Waals surface area (Å²) in [6, 6.07) is 17.5. The van der Waals surface area contributed by atoms with Crippen LogP contribution in [0.2, 0.25) is 10.2 Å². The zero-order valence-electron chi connectivity index (χ0n) is 22.1. The maximum absolute atomic E-state index is 13.2. The first-order chi connectivity index (χ1) is 19.5. The molecule has 11 heteroatoms. The molecule has 0 radical (unpaired) electrons. The van der Waals surface area contributed by atoms with Crippen molar-refractivity contribution in [3.63, 3.8) is 0 Å². The molecule has 0 unspecified atom stereocenters. The van der Waals surface area contributed by atoms with Crippen LogP contribution in [0.15, 0.2) is 59.8 Å². The van der Waals surface area contributed by atoms with Crippen molar-refractivity contribution in [2.45, 2.75) is 29.5 Å². The zero-order chi connectivity index (χ0) is 27.5. The Morgan fingerprint density at radius 3 is 2.35 bits per heavy atom. The average molecular weight is 601 g/mol. The molecule has 3 aliphatic heterocycles. The Kier molecular flexibility index (Phi) is 8.37. The second-order valence-corrected chi connectivity index (χ2v) is 11.9. The standard InChI is InChI=1S/C29H31Cl2N5O3S/c30-23-6-1-2-7-24(23)34-12-14-35(15-13-34)26-19-25(31)32-28(33-26)40-20-21-4-3-5-22(18-21)27(37)36-10-8-29(9-11-36)38-16-17-39-29/h1-7,18-19H,8-17,20H2. The zero-order valence-corrected chi connectivity index (χ0v) is 24.4. The van der Waals surface area contributed by atoms with Gasteiger partial charge in [-0.2, -0.15) is 0 Å². The molecule has 210 valence electrons. The van der Waals surface area contributed by atoms with Gasteiger partial charge in [0.25, 0.3) is 5.91 Å². The number of para-hydroxylation sites is 1. The van der Waals surface area contributed by atoms with Crippen molar-refractivity contribution in [2.24, 2.45) is 0 Å². The van der Waals surface area contributed by atoms with E-state index in [0.29, 0.717) is 60.8 Å². The summed E-state index contributed by atoms with van der Waals surface area (Å²) in [5, 5.41) is 1.80. The highest BCUT2D eigenvalue weighted by Crippen LogP contribution is 2.32. The number of aromatic nitrogens is 2. The Labute approximate surface area is 248 Å². The van der Waals surface area contributed by atoms with Crippen molar-refractivity contribution < 1.29 is 14.3 Å². The lowest BCUT2D eigenvalue weighted by atomic mass is 10.0. The van der Waals surface area contributed by atoms with Crippen LogP contribution in [0.25, 0.3) is 0 Å². The predicted molar refractivity (Wildman–Crippen MR) is 159 cm³/mol. The lowest BCUT2D eigenvalue weighted by Gasteiger charge is -2.37. The summed E-state index contributed by atoms with van der Waals surface area (Å²) < 4.78 is 11.6. The van der Waals surface area contributed by atoms with Gasteiger partial charge in [0.15, 0.2) is 10.9 Å². The molecule has 4 heterocycles. The monoisotopic (exact) mass is 599 g/mol. The van der Waals surface area contributed by atoms with Crippen LogP contribution in [-0.4, -0.2) is 79.0 Å². The molecule has 0 aliphatic carbocycles. The number of nitrogens with zero attached hydrogens (tertiary/aromatic N) is 5. The summed E-state index contributed by atoms with van der Waals surface area (Å²) in [4.78, 5) is 28.9.